The van der Waals surface area contributed by atoms with Crippen molar-refractivity contribution in [1.82, 2.24) is 10.2 Å². The van der Waals surface area contributed by atoms with Crippen LogP contribution in [-0.2, 0) is 0 Å². The summed E-state index contributed by atoms with van der Waals surface area (Å²) in [7, 11) is 0. The smallest absolute Gasteiger partial charge is 0.0558 e. The van der Waals surface area contributed by atoms with Gasteiger partial charge in [-0.2, -0.15) is 0 Å². The fraction of sp³-hybridized carbons (Fsp3) is 1.00. The Kier molecular flexibility index (Phi) is 5.22. The van der Waals surface area contributed by atoms with Crippen LogP contribution in [0.15, 0.2) is 0 Å². The van der Waals surface area contributed by atoms with Gasteiger partial charge in [-0.05, 0) is 38.0 Å². The summed E-state index contributed by atoms with van der Waals surface area (Å²) in [5.74, 6) is 0.679. The van der Waals surface area contributed by atoms with Crippen molar-refractivity contribution in [2.45, 2.75) is 44.2 Å². The third-order valence-electron chi connectivity index (χ3n) is 3.85. The van der Waals surface area contributed by atoms with Crippen molar-refractivity contribution in [2.75, 3.05) is 32.8 Å². The molecule has 2 unspecified atom stereocenters. The molecule has 1 saturated carbocycles. The molecule has 17 heavy (non-hydrogen) atoms. The maximum Gasteiger partial charge on any atom is 0.0558 e. The molecular weight excluding hydrogens is 216 g/mol. The van der Waals surface area contributed by atoms with Crippen LogP contribution in [0.1, 0.15) is 32.1 Å². The number of piperidine rings is 1. The van der Waals surface area contributed by atoms with Gasteiger partial charge in [-0.3, -0.25) is 4.90 Å². The van der Waals surface area contributed by atoms with Crippen LogP contribution in [0, 0.1) is 5.92 Å². The Hall–Kier alpha value is -0.160. The van der Waals surface area contributed by atoms with E-state index in [9.17, 15) is 0 Å². The molecule has 0 spiro atoms. The summed E-state index contributed by atoms with van der Waals surface area (Å²) in [5, 5.41) is 21.7. The van der Waals surface area contributed by atoms with E-state index in [1.807, 2.05) is 0 Å². The third kappa shape index (κ3) is 4.54. The SMILES string of the molecule is OCCCC1CC(NC2CC2)CN(CCO)C1. The highest BCUT2D eigenvalue weighted by Gasteiger charge is 2.30. The van der Waals surface area contributed by atoms with E-state index in [2.05, 4.69) is 10.2 Å². The molecule has 100 valence electrons. The second-order valence-electron chi connectivity index (χ2n) is 5.59. The van der Waals surface area contributed by atoms with Crippen LogP contribution < -0.4 is 5.32 Å². The Bertz CT molecular complexity index is 221. The average Bonchev–Trinajstić information content (AvgIpc) is 3.10. The fourth-order valence-electron chi connectivity index (χ4n) is 2.92. The van der Waals surface area contributed by atoms with Crippen LogP contribution in [0.3, 0.4) is 0 Å². The van der Waals surface area contributed by atoms with Gasteiger partial charge < -0.3 is 15.5 Å². The summed E-state index contributed by atoms with van der Waals surface area (Å²) >= 11 is 0. The molecule has 4 heteroatoms. The molecule has 0 aromatic heterocycles. The molecule has 2 fully saturated rings. The first kappa shape index (κ1) is 13.3. The van der Waals surface area contributed by atoms with E-state index in [0.29, 0.717) is 18.6 Å². The predicted molar refractivity (Wildman–Crippen MR) is 67.9 cm³/mol. The third-order valence-corrected chi connectivity index (χ3v) is 3.85. The minimum absolute atomic E-state index is 0.253. The van der Waals surface area contributed by atoms with Crippen LogP contribution >= 0.6 is 0 Å². The van der Waals surface area contributed by atoms with E-state index in [4.69, 9.17) is 10.2 Å². The topological polar surface area (TPSA) is 55.7 Å². The largest absolute Gasteiger partial charge is 0.396 e. The van der Waals surface area contributed by atoms with Gasteiger partial charge in [0.25, 0.3) is 0 Å². The molecule has 2 atom stereocenters. The highest BCUT2D eigenvalue weighted by atomic mass is 16.3. The minimum Gasteiger partial charge on any atom is -0.396 e. The zero-order chi connectivity index (χ0) is 12.1. The summed E-state index contributed by atoms with van der Waals surface area (Å²) in [6.07, 6.45) is 5.92. The lowest BCUT2D eigenvalue weighted by molar-refractivity contribution is 0.108. The van der Waals surface area contributed by atoms with Crippen molar-refractivity contribution in [2.24, 2.45) is 5.92 Å². The second kappa shape index (κ2) is 6.69. The molecule has 1 aliphatic heterocycles. The number of nitrogens with one attached hydrogen (secondary N) is 1. The van der Waals surface area contributed by atoms with E-state index in [1.54, 1.807) is 0 Å². The molecule has 2 rings (SSSR count). The molecule has 1 heterocycles. The maximum absolute atomic E-state index is 9.06. The number of β-amino-alcohol motifs (C(OH)–C–C–N with tert-alkyl or cyclic N) is 1. The van der Waals surface area contributed by atoms with Crippen LogP contribution in [-0.4, -0.2) is 60.0 Å². The van der Waals surface area contributed by atoms with Crippen molar-refractivity contribution in [1.29, 1.82) is 0 Å². The van der Waals surface area contributed by atoms with E-state index in [-0.39, 0.29) is 6.61 Å². The van der Waals surface area contributed by atoms with Crippen molar-refractivity contribution >= 4 is 0 Å². The second-order valence-corrected chi connectivity index (χ2v) is 5.59. The standard InChI is InChI=1S/C13H26N2O2/c16-6-1-2-11-8-13(14-12-3-4-12)10-15(9-11)5-7-17/h11-14,16-17H,1-10H2. The quantitative estimate of drug-likeness (QED) is 0.597. The van der Waals surface area contributed by atoms with Crippen molar-refractivity contribution < 1.29 is 10.2 Å². The number of likely N-dealkylation sites (tertiary alicyclic amines) is 1. The van der Waals surface area contributed by atoms with E-state index in [1.165, 1.54) is 19.3 Å². The summed E-state index contributed by atoms with van der Waals surface area (Å²) < 4.78 is 0. The summed E-state index contributed by atoms with van der Waals surface area (Å²) in [4.78, 5) is 2.37. The Labute approximate surface area is 104 Å². The van der Waals surface area contributed by atoms with Gasteiger partial charge in [-0.1, -0.05) is 0 Å². The Morgan fingerprint density at radius 2 is 1.88 bits per heavy atom. The lowest BCUT2D eigenvalue weighted by Gasteiger charge is -2.38. The molecule has 4 nitrogen and oxygen atoms in total. The Balaban J connectivity index is 1.79. The zero-order valence-corrected chi connectivity index (χ0v) is 10.6. The van der Waals surface area contributed by atoms with E-state index >= 15 is 0 Å². The number of hydrogen-bond donors (Lipinski definition) is 3. The molecule has 0 radical (unpaired) electrons. The predicted octanol–water partition coefficient (Wildman–Crippen LogP) is 0.194. The van der Waals surface area contributed by atoms with E-state index < -0.39 is 0 Å². The van der Waals surface area contributed by atoms with Crippen molar-refractivity contribution in [3.63, 3.8) is 0 Å². The molecule has 2 aliphatic rings. The van der Waals surface area contributed by atoms with Crippen molar-refractivity contribution in [3.8, 4) is 0 Å². The first-order valence-electron chi connectivity index (χ1n) is 7.02. The Morgan fingerprint density at radius 3 is 2.53 bits per heavy atom. The van der Waals surface area contributed by atoms with Crippen LogP contribution in [0.4, 0.5) is 0 Å². The first-order valence-corrected chi connectivity index (χ1v) is 7.02. The van der Waals surface area contributed by atoms with Gasteiger partial charge >= 0.3 is 0 Å². The molecule has 0 amide bonds. The van der Waals surface area contributed by atoms with E-state index in [0.717, 1.165) is 38.5 Å². The van der Waals surface area contributed by atoms with Gasteiger partial charge in [-0.25, -0.2) is 0 Å². The van der Waals surface area contributed by atoms with Crippen LogP contribution in [0.25, 0.3) is 0 Å². The summed E-state index contributed by atoms with van der Waals surface area (Å²) in [6, 6.07) is 1.35. The molecule has 1 saturated heterocycles. The lowest BCUT2D eigenvalue weighted by Crippen LogP contribution is -2.50. The molecule has 1 aliphatic carbocycles. The summed E-state index contributed by atoms with van der Waals surface area (Å²) in [5.41, 5.74) is 0. The normalized spacial score (nSPS) is 30.7. The average molecular weight is 242 g/mol. The van der Waals surface area contributed by atoms with Gasteiger partial charge in [0.2, 0.25) is 0 Å². The van der Waals surface area contributed by atoms with Gasteiger partial charge in [0.15, 0.2) is 0 Å². The fourth-order valence-corrected chi connectivity index (χ4v) is 2.92. The van der Waals surface area contributed by atoms with Gasteiger partial charge in [0.05, 0.1) is 6.61 Å². The van der Waals surface area contributed by atoms with Gasteiger partial charge in [-0.15, -0.1) is 0 Å². The van der Waals surface area contributed by atoms with Crippen molar-refractivity contribution in [3.05, 3.63) is 0 Å². The monoisotopic (exact) mass is 242 g/mol. The molecule has 3 N–H and O–H groups in total. The number of rotatable bonds is 7. The zero-order valence-electron chi connectivity index (χ0n) is 10.6. The first-order chi connectivity index (χ1) is 8.31. The van der Waals surface area contributed by atoms with Crippen LogP contribution in [0.5, 0.6) is 0 Å². The maximum atomic E-state index is 9.06. The molecule has 0 bridgehead atoms. The van der Waals surface area contributed by atoms with Crippen LogP contribution in [0.2, 0.25) is 0 Å². The molecule has 0 aromatic rings. The number of aliphatic hydroxyl groups is 2. The van der Waals surface area contributed by atoms with Gasteiger partial charge in [0.1, 0.15) is 0 Å². The van der Waals surface area contributed by atoms with Gasteiger partial charge in [0, 0.05) is 38.3 Å². The number of nitrogens with zero attached hydrogens (tertiary/aromatic N) is 1. The number of aliphatic hydroxyl groups excluding tert-OH is 2. The lowest BCUT2D eigenvalue weighted by atomic mass is 9.90. The highest BCUT2D eigenvalue weighted by molar-refractivity contribution is 4.90. The minimum atomic E-state index is 0.253. The highest BCUT2D eigenvalue weighted by Crippen LogP contribution is 2.25. The molecular formula is C13H26N2O2. The summed E-state index contributed by atoms with van der Waals surface area (Å²) in [6.45, 7) is 3.51. The molecule has 0 aromatic carbocycles. The number of hydrogen-bond acceptors (Lipinski definition) is 4. The Morgan fingerprint density at radius 1 is 1.06 bits per heavy atom.